The monoisotopic (exact) mass is 409 g/mol. The minimum Gasteiger partial charge on any atom is -0.457 e. The summed E-state index contributed by atoms with van der Waals surface area (Å²) >= 11 is 8.60. The number of carbonyl (C=O) groups excluding carboxylic acids is 3. The Bertz CT molecular complexity index is 865. The lowest BCUT2D eigenvalue weighted by atomic mass is 10.2. The summed E-state index contributed by atoms with van der Waals surface area (Å²) in [7, 11) is 0. The third kappa shape index (κ3) is 4.47. The molecule has 1 aromatic carbocycles. The molecule has 26 heavy (non-hydrogen) atoms. The molecular weight excluding hydrogens is 394 g/mol. The van der Waals surface area contributed by atoms with Gasteiger partial charge in [0.1, 0.15) is 0 Å². The zero-order valence-corrected chi connectivity index (χ0v) is 16.3. The molecule has 0 fully saturated rings. The SMILES string of the molecule is CCc1ccc(C(=O)COC(=O)CC2Sc3ccc(Cl)cc3NC2=O)s1. The summed E-state index contributed by atoms with van der Waals surface area (Å²) in [5.41, 5.74) is 0.636. The van der Waals surface area contributed by atoms with Crippen molar-refractivity contribution in [2.45, 2.75) is 29.9 Å². The summed E-state index contributed by atoms with van der Waals surface area (Å²) < 4.78 is 5.06. The Balaban J connectivity index is 1.54. The van der Waals surface area contributed by atoms with E-state index in [1.54, 1.807) is 24.3 Å². The first-order valence-corrected chi connectivity index (χ1v) is 10.1. The second-order valence-electron chi connectivity index (χ2n) is 5.64. The predicted octanol–water partition coefficient (Wildman–Crippen LogP) is 4.19. The number of halogens is 1. The molecule has 5 nitrogen and oxygen atoms in total. The number of thioether (sulfide) groups is 1. The van der Waals surface area contributed by atoms with Crippen molar-refractivity contribution in [3.05, 3.63) is 45.1 Å². The maximum atomic E-state index is 12.2. The smallest absolute Gasteiger partial charge is 0.307 e. The fraction of sp³-hybridized carbons (Fsp3) is 0.278. The highest BCUT2D eigenvalue weighted by molar-refractivity contribution is 8.01. The fourth-order valence-corrected chi connectivity index (χ4v) is 4.52. The van der Waals surface area contributed by atoms with Crippen LogP contribution in [0.4, 0.5) is 5.69 Å². The van der Waals surface area contributed by atoms with Crippen molar-refractivity contribution in [1.82, 2.24) is 0 Å². The molecule has 1 unspecified atom stereocenters. The summed E-state index contributed by atoms with van der Waals surface area (Å²) in [6.07, 6.45) is 0.759. The van der Waals surface area contributed by atoms with Crippen LogP contribution >= 0.6 is 34.7 Å². The standard InChI is InChI=1S/C18H16ClNO4S2/c1-2-11-4-6-15(25-11)13(21)9-24-17(22)8-16-18(23)20-12-7-10(19)3-5-14(12)26-16/h3-7,16H,2,8-9H2,1H3,(H,20,23). The van der Waals surface area contributed by atoms with Gasteiger partial charge < -0.3 is 10.1 Å². The molecule has 3 rings (SSSR count). The molecule has 0 aliphatic carbocycles. The van der Waals surface area contributed by atoms with Crippen molar-refractivity contribution in [3.63, 3.8) is 0 Å². The Morgan fingerprint density at radius 2 is 2.08 bits per heavy atom. The number of esters is 1. The Kier molecular flexibility index (Phi) is 6.01. The van der Waals surface area contributed by atoms with Crippen LogP contribution in [0.2, 0.25) is 5.02 Å². The number of hydrogen-bond acceptors (Lipinski definition) is 6. The summed E-state index contributed by atoms with van der Waals surface area (Å²) in [6, 6.07) is 8.83. The average Bonchev–Trinajstić information content (AvgIpc) is 3.10. The first kappa shape index (κ1) is 18.9. The van der Waals surface area contributed by atoms with Gasteiger partial charge in [0.2, 0.25) is 11.7 Å². The lowest BCUT2D eigenvalue weighted by Crippen LogP contribution is -2.31. The quantitative estimate of drug-likeness (QED) is 0.572. The van der Waals surface area contributed by atoms with Gasteiger partial charge in [-0.05, 0) is 36.8 Å². The van der Waals surface area contributed by atoms with Gasteiger partial charge in [-0.2, -0.15) is 0 Å². The molecular formula is C18H16ClNO4S2. The summed E-state index contributed by atoms with van der Waals surface area (Å²) in [5, 5.41) is 2.67. The number of benzene rings is 1. The van der Waals surface area contributed by atoms with Crippen LogP contribution in [0, 0.1) is 0 Å². The van der Waals surface area contributed by atoms with Crippen molar-refractivity contribution >= 4 is 58.0 Å². The summed E-state index contributed by atoms with van der Waals surface area (Å²) in [5.74, 6) is -1.08. The van der Waals surface area contributed by atoms with Crippen molar-refractivity contribution in [3.8, 4) is 0 Å². The molecule has 1 atom stereocenters. The van der Waals surface area contributed by atoms with Crippen molar-refractivity contribution in [2.24, 2.45) is 0 Å². The second-order valence-corrected chi connectivity index (χ2v) is 8.49. The first-order chi connectivity index (χ1) is 12.5. The van der Waals surface area contributed by atoms with E-state index in [1.807, 2.05) is 13.0 Å². The Hall–Kier alpha value is -1.83. The first-order valence-electron chi connectivity index (χ1n) is 8.01. The zero-order valence-electron chi connectivity index (χ0n) is 13.9. The van der Waals surface area contributed by atoms with E-state index in [1.165, 1.54) is 23.1 Å². The van der Waals surface area contributed by atoms with Gasteiger partial charge in [0.25, 0.3) is 0 Å². The number of aryl methyl sites for hydroxylation is 1. The Morgan fingerprint density at radius 3 is 2.81 bits per heavy atom. The molecule has 2 heterocycles. The van der Waals surface area contributed by atoms with Crippen LogP contribution in [0.5, 0.6) is 0 Å². The van der Waals surface area contributed by atoms with Gasteiger partial charge >= 0.3 is 5.97 Å². The van der Waals surface area contributed by atoms with Crippen LogP contribution in [0.15, 0.2) is 35.2 Å². The number of fused-ring (bicyclic) bond motifs is 1. The molecule has 1 aliphatic heterocycles. The maximum Gasteiger partial charge on any atom is 0.307 e. The highest BCUT2D eigenvalue weighted by atomic mass is 35.5. The Morgan fingerprint density at radius 1 is 1.27 bits per heavy atom. The van der Waals surface area contributed by atoms with Gasteiger partial charge in [0.15, 0.2) is 6.61 Å². The van der Waals surface area contributed by atoms with Gasteiger partial charge in [0, 0.05) is 14.8 Å². The largest absolute Gasteiger partial charge is 0.457 e. The van der Waals surface area contributed by atoms with Crippen LogP contribution in [-0.2, 0) is 20.7 Å². The number of carbonyl (C=O) groups is 3. The lowest BCUT2D eigenvalue weighted by Gasteiger charge is -2.23. The highest BCUT2D eigenvalue weighted by Crippen LogP contribution is 2.38. The molecule has 0 radical (unpaired) electrons. The van der Waals surface area contributed by atoms with Crippen molar-refractivity contribution in [1.29, 1.82) is 0 Å². The van der Waals surface area contributed by atoms with Crippen molar-refractivity contribution in [2.75, 3.05) is 11.9 Å². The van der Waals surface area contributed by atoms with Crippen LogP contribution in [-0.4, -0.2) is 29.5 Å². The Labute approximate surface area is 164 Å². The fourth-order valence-electron chi connectivity index (χ4n) is 2.40. The molecule has 1 aromatic heterocycles. The van der Waals surface area contributed by atoms with E-state index >= 15 is 0 Å². The van der Waals surface area contributed by atoms with Crippen LogP contribution in [0.1, 0.15) is 27.9 Å². The van der Waals surface area contributed by atoms with E-state index in [-0.39, 0.29) is 24.7 Å². The van der Waals surface area contributed by atoms with Gasteiger partial charge in [-0.25, -0.2) is 0 Å². The third-order valence-electron chi connectivity index (χ3n) is 3.76. The van der Waals surface area contributed by atoms with Gasteiger partial charge in [0.05, 0.1) is 22.2 Å². The van der Waals surface area contributed by atoms with E-state index in [4.69, 9.17) is 16.3 Å². The minimum atomic E-state index is -0.597. The van der Waals surface area contributed by atoms with Gasteiger partial charge in [-0.3, -0.25) is 14.4 Å². The van der Waals surface area contributed by atoms with E-state index in [2.05, 4.69) is 5.32 Å². The van der Waals surface area contributed by atoms with E-state index < -0.39 is 11.2 Å². The number of rotatable bonds is 6. The molecule has 1 N–H and O–H groups in total. The number of ether oxygens (including phenoxy) is 1. The number of nitrogens with one attached hydrogen (secondary N) is 1. The van der Waals surface area contributed by atoms with E-state index in [9.17, 15) is 14.4 Å². The number of ketones is 1. The topological polar surface area (TPSA) is 72.5 Å². The number of Topliss-reactive ketones (excluding diaryl/α,β-unsaturated/α-hetero) is 1. The molecule has 2 aromatic rings. The molecule has 0 saturated carbocycles. The number of hydrogen-bond donors (Lipinski definition) is 1. The molecule has 0 saturated heterocycles. The van der Waals surface area contributed by atoms with Gasteiger partial charge in [-0.15, -0.1) is 23.1 Å². The third-order valence-corrected chi connectivity index (χ3v) is 6.54. The maximum absolute atomic E-state index is 12.2. The number of thiophene rings is 1. The van der Waals surface area contributed by atoms with Crippen LogP contribution in [0.3, 0.4) is 0 Å². The molecule has 8 heteroatoms. The number of anilines is 1. The molecule has 0 bridgehead atoms. The molecule has 0 spiro atoms. The van der Waals surface area contributed by atoms with E-state index in [0.29, 0.717) is 15.6 Å². The molecule has 1 amide bonds. The van der Waals surface area contributed by atoms with Crippen LogP contribution in [0.25, 0.3) is 0 Å². The molecule has 1 aliphatic rings. The minimum absolute atomic E-state index is 0.101. The molecule has 136 valence electrons. The average molecular weight is 410 g/mol. The zero-order chi connectivity index (χ0) is 18.7. The second kappa shape index (κ2) is 8.24. The van der Waals surface area contributed by atoms with E-state index in [0.717, 1.165) is 16.2 Å². The summed E-state index contributed by atoms with van der Waals surface area (Å²) in [6.45, 7) is 1.70. The predicted molar refractivity (Wildman–Crippen MR) is 103 cm³/mol. The lowest BCUT2D eigenvalue weighted by molar-refractivity contribution is -0.143. The van der Waals surface area contributed by atoms with Crippen molar-refractivity contribution < 1.29 is 19.1 Å². The van der Waals surface area contributed by atoms with Gasteiger partial charge in [-0.1, -0.05) is 18.5 Å². The normalized spacial score (nSPS) is 15.9. The number of amides is 1. The highest BCUT2D eigenvalue weighted by Gasteiger charge is 2.30. The summed E-state index contributed by atoms with van der Waals surface area (Å²) in [4.78, 5) is 38.8. The van der Waals surface area contributed by atoms with Crippen LogP contribution < -0.4 is 5.32 Å².